The molecule has 102 valence electrons. The summed E-state index contributed by atoms with van der Waals surface area (Å²) in [5, 5.41) is 9.01. The fraction of sp³-hybridized carbons (Fsp3) is 0.250. The van der Waals surface area contributed by atoms with Crippen molar-refractivity contribution in [1.82, 2.24) is 4.98 Å². The van der Waals surface area contributed by atoms with Crippen LogP contribution in [0.15, 0.2) is 36.5 Å². The number of aryl methyl sites for hydroxylation is 1. The number of nitriles is 1. The Kier molecular flexibility index (Phi) is 4.70. The maximum absolute atomic E-state index is 9.01. The van der Waals surface area contributed by atoms with E-state index in [2.05, 4.69) is 17.1 Å². The Bertz CT molecular complexity index is 632. The first-order chi connectivity index (χ1) is 9.74. The summed E-state index contributed by atoms with van der Waals surface area (Å²) >= 11 is 0. The summed E-state index contributed by atoms with van der Waals surface area (Å²) in [6, 6.07) is 11.8. The van der Waals surface area contributed by atoms with Crippen molar-refractivity contribution in [2.24, 2.45) is 5.73 Å². The molecule has 0 spiro atoms. The third-order valence-corrected chi connectivity index (χ3v) is 3.01. The van der Waals surface area contributed by atoms with Gasteiger partial charge in [0.2, 0.25) is 0 Å². The monoisotopic (exact) mass is 267 g/mol. The van der Waals surface area contributed by atoms with Crippen LogP contribution in [0.2, 0.25) is 0 Å². The van der Waals surface area contributed by atoms with Gasteiger partial charge in [0.1, 0.15) is 24.1 Å². The predicted octanol–water partition coefficient (Wildman–Crippen LogP) is 2.34. The number of rotatable bonds is 5. The van der Waals surface area contributed by atoms with Crippen LogP contribution in [0.1, 0.15) is 22.4 Å². The zero-order valence-electron chi connectivity index (χ0n) is 11.5. The molecule has 0 radical (unpaired) electrons. The minimum Gasteiger partial charge on any atom is -0.489 e. The van der Waals surface area contributed by atoms with Gasteiger partial charge in [-0.2, -0.15) is 5.26 Å². The number of aromatic nitrogens is 1. The van der Waals surface area contributed by atoms with E-state index in [4.69, 9.17) is 15.7 Å². The first kappa shape index (κ1) is 14.0. The maximum atomic E-state index is 9.01. The van der Waals surface area contributed by atoms with Crippen molar-refractivity contribution in [3.8, 4) is 11.8 Å². The van der Waals surface area contributed by atoms with E-state index in [1.54, 1.807) is 12.3 Å². The lowest BCUT2D eigenvalue weighted by Gasteiger charge is -2.12. The van der Waals surface area contributed by atoms with Crippen molar-refractivity contribution in [3.63, 3.8) is 0 Å². The summed E-state index contributed by atoms with van der Waals surface area (Å²) in [5.41, 5.74) is 9.09. The number of pyridine rings is 1. The second kappa shape index (κ2) is 6.69. The van der Waals surface area contributed by atoms with Crippen LogP contribution in [0.3, 0.4) is 0 Å². The molecule has 0 saturated heterocycles. The first-order valence-electron chi connectivity index (χ1n) is 6.51. The highest BCUT2D eigenvalue weighted by Gasteiger charge is 2.07. The van der Waals surface area contributed by atoms with E-state index in [0.29, 0.717) is 18.8 Å². The molecule has 4 nitrogen and oxygen atoms in total. The highest BCUT2D eigenvalue weighted by molar-refractivity contribution is 5.38. The van der Waals surface area contributed by atoms with Crippen LogP contribution in [0.5, 0.6) is 5.75 Å². The SMILES string of the molecule is Cc1ccc(OCc2cccnc2C#N)c(CCN)c1. The molecule has 4 heteroatoms. The number of nitrogens with two attached hydrogens (primary N) is 1. The van der Waals surface area contributed by atoms with E-state index in [1.165, 1.54) is 5.56 Å². The topological polar surface area (TPSA) is 71.9 Å². The fourth-order valence-electron chi connectivity index (χ4n) is 2.01. The van der Waals surface area contributed by atoms with Crippen LogP contribution in [0.25, 0.3) is 0 Å². The first-order valence-corrected chi connectivity index (χ1v) is 6.51. The van der Waals surface area contributed by atoms with Gasteiger partial charge >= 0.3 is 0 Å². The molecule has 2 aromatic rings. The van der Waals surface area contributed by atoms with Crippen molar-refractivity contribution >= 4 is 0 Å². The average molecular weight is 267 g/mol. The molecule has 1 heterocycles. The lowest BCUT2D eigenvalue weighted by atomic mass is 10.1. The van der Waals surface area contributed by atoms with Crippen LogP contribution in [0, 0.1) is 18.3 Å². The molecule has 0 aliphatic rings. The molecule has 0 atom stereocenters. The molecule has 0 bridgehead atoms. The highest BCUT2D eigenvalue weighted by Crippen LogP contribution is 2.22. The summed E-state index contributed by atoms with van der Waals surface area (Å²) in [5.74, 6) is 0.814. The number of benzene rings is 1. The lowest BCUT2D eigenvalue weighted by Crippen LogP contribution is -2.06. The Morgan fingerprint density at radius 1 is 1.30 bits per heavy atom. The predicted molar refractivity (Wildman–Crippen MR) is 77.2 cm³/mol. The summed E-state index contributed by atoms with van der Waals surface area (Å²) in [7, 11) is 0. The van der Waals surface area contributed by atoms with Gasteiger partial charge in [0.15, 0.2) is 0 Å². The van der Waals surface area contributed by atoms with Crippen molar-refractivity contribution in [2.75, 3.05) is 6.54 Å². The minimum absolute atomic E-state index is 0.331. The Morgan fingerprint density at radius 3 is 2.90 bits per heavy atom. The summed E-state index contributed by atoms with van der Waals surface area (Å²) < 4.78 is 5.83. The van der Waals surface area contributed by atoms with Crippen molar-refractivity contribution in [2.45, 2.75) is 20.0 Å². The van der Waals surface area contributed by atoms with Gasteiger partial charge in [0.25, 0.3) is 0 Å². The van der Waals surface area contributed by atoms with Gasteiger partial charge in [-0.3, -0.25) is 0 Å². The quantitative estimate of drug-likeness (QED) is 0.902. The molecule has 0 fully saturated rings. The molecule has 20 heavy (non-hydrogen) atoms. The van der Waals surface area contributed by atoms with Crippen LogP contribution in [0.4, 0.5) is 0 Å². The molecule has 0 aliphatic heterocycles. The Hall–Kier alpha value is -2.38. The number of hydrogen-bond acceptors (Lipinski definition) is 4. The van der Waals surface area contributed by atoms with Gasteiger partial charge in [0.05, 0.1) is 0 Å². The summed E-state index contributed by atoms with van der Waals surface area (Å²) in [4.78, 5) is 4.02. The van der Waals surface area contributed by atoms with Crippen molar-refractivity contribution < 1.29 is 4.74 Å². The van der Waals surface area contributed by atoms with Gasteiger partial charge in [-0.1, -0.05) is 23.8 Å². The molecular weight excluding hydrogens is 250 g/mol. The second-order valence-corrected chi connectivity index (χ2v) is 4.56. The molecule has 0 aliphatic carbocycles. The molecule has 2 N–H and O–H groups in total. The van der Waals surface area contributed by atoms with E-state index < -0.39 is 0 Å². The van der Waals surface area contributed by atoms with Crippen LogP contribution in [-0.4, -0.2) is 11.5 Å². The van der Waals surface area contributed by atoms with Crippen molar-refractivity contribution in [1.29, 1.82) is 5.26 Å². The lowest BCUT2D eigenvalue weighted by molar-refractivity contribution is 0.302. The smallest absolute Gasteiger partial charge is 0.147 e. The molecule has 0 saturated carbocycles. The largest absolute Gasteiger partial charge is 0.489 e. The van der Waals surface area contributed by atoms with E-state index >= 15 is 0 Å². The fourth-order valence-corrected chi connectivity index (χ4v) is 2.01. The van der Waals surface area contributed by atoms with Gasteiger partial charge in [0, 0.05) is 11.8 Å². The minimum atomic E-state index is 0.331. The third kappa shape index (κ3) is 3.34. The summed E-state index contributed by atoms with van der Waals surface area (Å²) in [6.07, 6.45) is 2.38. The van der Waals surface area contributed by atoms with Crippen molar-refractivity contribution in [3.05, 3.63) is 58.9 Å². The zero-order chi connectivity index (χ0) is 14.4. The molecule has 2 rings (SSSR count). The summed E-state index contributed by atoms with van der Waals surface area (Å²) in [6.45, 7) is 2.95. The number of hydrogen-bond donors (Lipinski definition) is 1. The molecule has 0 unspecified atom stereocenters. The number of ether oxygens (including phenoxy) is 1. The second-order valence-electron chi connectivity index (χ2n) is 4.56. The van der Waals surface area contributed by atoms with E-state index in [1.807, 2.05) is 25.1 Å². The Morgan fingerprint density at radius 2 is 2.15 bits per heavy atom. The zero-order valence-corrected chi connectivity index (χ0v) is 11.5. The van der Waals surface area contributed by atoms with Crippen LogP contribution in [-0.2, 0) is 13.0 Å². The van der Waals surface area contributed by atoms with Gasteiger partial charge in [-0.25, -0.2) is 4.98 Å². The standard InChI is InChI=1S/C16H17N3O/c1-12-4-5-16(13(9-12)6-7-17)20-11-14-3-2-8-19-15(14)10-18/h2-5,8-9H,6-7,11,17H2,1H3. The Balaban J connectivity index is 2.17. The molecular formula is C16H17N3O. The van der Waals surface area contributed by atoms with E-state index in [0.717, 1.165) is 23.3 Å². The normalized spacial score (nSPS) is 10.1. The molecule has 1 aromatic heterocycles. The van der Waals surface area contributed by atoms with Gasteiger partial charge < -0.3 is 10.5 Å². The Labute approximate surface area is 118 Å². The molecule has 1 aromatic carbocycles. The van der Waals surface area contributed by atoms with Crippen LogP contribution < -0.4 is 10.5 Å². The van der Waals surface area contributed by atoms with Gasteiger partial charge in [-0.05, 0) is 37.6 Å². The third-order valence-electron chi connectivity index (χ3n) is 3.01. The van der Waals surface area contributed by atoms with E-state index in [9.17, 15) is 0 Å². The molecule has 0 amide bonds. The van der Waals surface area contributed by atoms with Crippen LogP contribution >= 0.6 is 0 Å². The average Bonchev–Trinajstić information content (AvgIpc) is 2.47. The number of nitrogens with zero attached hydrogens (tertiary/aromatic N) is 2. The van der Waals surface area contributed by atoms with Gasteiger partial charge in [-0.15, -0.1) is 0 Å². The highest BCUT2D eigenvalue weighted by atomic mass is 16.5. The van der Waals surface area contributed by atoms with E-state index in [-0.39, 0.29) is 0 Å². The maximum Gasteiger partial charge on any atom is 0.147 e.